The van der Waals surface area contributed by atoms with Crippen molar-refractivity contribution in [3.05, 3.63) is 13.3 Å². The van der Waals surface area contributed by atoms with Crippen molar-refractivity contribution < 1.29 is 0 Å². The zero-order valence-electron chi connectivity index (χ0n) is 5.98. The third-order valence-electron chi connectivity index (χ3n) is 1.15. The minimum atomic E-state index is 0.845. The molecule has 0 heteroatoms. The van der Waals surface area contributed by atoms with Crippen LogP contribution in [0.1, 0.15) is 33.1 Å². The molecule has 0 saturated carbocycles. The lowest BCUT2D eigenvalue weighted by atomic mass is 10.1. The maximum atomic E-state index is 3.73. The van der Waals surface area contributed by atoms with Crippen LogP contribution in [0.3, 0.4) is 0 Å². The molecule has 0 N–H and O–H groups in total. The maximum Gasteiger partial charge on any atom is -0.0386 e. The van der Waals surface area contributed by atoms with E-state index in [-0.39, 0.29) is 0 Å². The molecule has 48 valence electrons. The highest BCUT2D eigenvalue weighted by atomic mass is 14.0. The Morgan fingerprint density at radius 1 is 1.50 bits per heavy atom. The van der Waals surface area contributed by atoms with E-state index in [1.165, 1.54) is 12.8 Å². The van der Waals surface area contributed by atoms with Crippen molar-refractivity contribution in [3.63, 3.8) is 0 Å². The molecule has 8 heavy (non-hydrogen) atoms. The van der Waals surface area contributed by atoms with E-state index in [0.717, 1.165) is 12.3 Å². The Balaban J connectivity index is 2.72. The number of hydrogen-bond donors (Lipinski definition) is 0. The molecule has 0 bridgehead atoms. The van der Waals surface area contributed by atoms with Gasteiger partial charge in [0.25, 0.3) is 0 Å². The molecule has 0 atom stereocenters. The quantitative estimate of drug-likeness (QED) is 0.490. The van der Waals surface area contributed by atoms with Gasteiger partial charge in [-0.05, 0) is 18.8 Å². The van der Waals surface area contributed by atoms with E-state index in [1.807, 2.05) is 0 Å². The zero-order valence-corrected chi connectivity index (χ0v) is 5.98. The average molecular weight is 112 g/mol. The molecule has 0 unspecified atom stereocenters. The lowest BCUT2D eigenvalue weighted by Crippen LogP contribution is -1.85. The summed E-state index contributed by atoms with van der Waals surface area (Å²) in [6, 6.07) is 0. The van der Waals surface area contributed by atoms with Gasteiger partial charge in [-0.1, -0.05) is 33.6 Å². The van der Waals surface area contributed by atoms with E-state index in [1.54, 1.807) is 0 Å². The predicted molar refractivity (Wildman–Crippen MR) is 38.3 cm³/mol. The molecule has 0 saturated heterocycles. The van der Waals surface area contributed by atoms with E-state index in [2.05, 4.69) is 27.2 Å². The van der Waals surface area contributed by atoms with E-state index in [4.69, 9.17) is 0 Å². The van der Waals surface area contributed by atoms with Crippen LogP contribution in [0, 0.1) is 19.3 Å². The van der Waals surface area contributed by atoms with Gasteiger partial charge < -0.3 is 0 Å². The van der Waals surface area contributed by atoms with Crippen LogP contribution >= 0.6 is 0 Å². The van der Waals surface area contributed by atoms with Crippen LogP contribution < -0.4 is 0 Å². The van der Waals surface area contributed by atoms with Gasteiger partial charge in [0.1, 0.15) is 0 Å². The molecular formula is C8H16. The SMILES string of the molecule is [CH2]C[CH]CCC(C)C. The van der Waals surface area contributed by atoms with Gasteiger partial charge in [0.15, 0.2) is 0 Å². The Bertz CT molecular complexity index is 37.3. The van der Waals surface area contributed by atoms with Crippen LogP contribution in [0.4, 0.5) is 0 Å². The van der Waals surface area contributed by atoms with Crippen LogP contribution in [0.5, 0.6) is 0 Å². The third kappa shape index (κ3) is 6.00. The van der Waals surface area contributed by atoms with Gasteiger partial charge in [-0.3, -0.25) is 0 Å². The largest absolute Gasteiger partial charge is 0.0628 e. The predicted octanol–water partition coefficient (Wildman–Crippen LogP) is 2.85. The number of rotatable bonds is 4. The Kier molecular flexibility index (Phi) is 5.14. The first-order valence-corrected chi connectivity index (χ1v) is 3.38. The molecule has 0 amide bonds. The number of unbranched alkanes of at least 4 members (excludes halogenated alkanes) is 2. The highest BCUT2D eigenvalue weighted by Gasteiger charge is 1.90. The second-order valence-electron chi connectivity index (χ2n) is 2.55. The van der Waals surface area contributed by atoms with Gasteiger partial charge in [-0.15, -0.1) is 0 Å². The molecule has 0 aliphatic carbocycles. The first kappa shape index (κ1) is 8.00. The first-order valence-electron chi connectivity index (χ1n) is 3.38. The van der Waals surface area contributed by atoms with Crippen molar-refractivity contribution in [3.8, 4) is 0 Å². The highest BCUT2D eigenvalue weighted by Crippen LogP contribution is 2.05. The summed E-state index contributed by atoms with van der Waals surface area (Å²) in [5.74, 6) is 0.845. The van der Waals surface area contributed by atoms with Gasteiger partial charge in [0, 0.05) is 0 Å². The van der Waals surface area contributed by atoms with Gasteiger partial charge in [0.05, 0.1) is 0 Å². The summed E-state index contributed by atoms with van der Waals surface area (Å²) in [6.07, 6.45) is 5.77. The smallest absolute Gasteiger partial charge is 0.0386 e. The standard InChI is InChI=1S/C8H16/c1-4-5-6-7-8(2)3/h5,8H,1,4,6-7H2,2-3H3. The minimum absolute atomic E-state index is 0.845. The fraction of sp³-hybridized carbons (Fsp3) is 0.750. The molecular weight excluding hydrogens is 96.1 g/mol. The fourth-order valence-electron chi connectivity index (χ4n) is 0.596. The maximum absolute atomic E-state index is 3.73. The van der Waals surface area contributed by atoms with Crippen molar-refractivity contribution in [1.29, 1.82) is 0 Å². The molecule has 0 aliphatic heterocycles. The third-order valence-corrected chi connectivity index (χ3v) is 1.15. The van der Waals surface area contributed by atoms with Crippen LogP contribution in [-0.4, -0.2) is 0 Å². The van der Waals surface area contributed by atoms with Gasteiger partial charge in [0.2, 0.25) is 0 Å². The van der Waals surface area contributed by atoms with Crippen LogP contribution in [0.15, 0.2) is 0 Å². The second kappa shape index (κ2) is 5.14. The monoisotopic (exact) mass is 112 g/mol. The fourth-order valence-corrected chi connectivity index (χ4v) is 0.596. The van der Waals surface area contributed by atoms with Crippen molar-refractivity contribution in [2.45, 2.75) is 33.1 Å². The van der Waals surface area contributed by atoms with Crippen LogP contribution in [0.2, 0.25) is 0 Å². The Hall–Kier alpha value is 0. The average Bonchev–Trinajstić information content (AvgIpc) is 1.66. The van der Waals surface area contributed by atoms with Gasteiger partial charge in [-0.25, -0.2) is 0 Å². The first-order chi connectivity index (χ1) is 3.77. The Labute approximate surface area is 53.3 Å². The van der Waals surface area contributed by atoms with Crippen molar-refractivity contribution in [2.75, 3.05) is 0 Å². The Morgan fingerprint density at radius 2 is 2.12 bits per heavy atom. The summed E-state index contributed by atoms with van der Waals surface area (Å²) < 4.78 is 0. The summed E-state index contributed by atoms with van der Waals surface area (Å²) in [6.45, 7) is 8.22. The van der Waals surface area contributed by atoms with Gasteiger partial charge in [-0.2, -0.15) is 0 Å². The van der Waals surface area contributed by atoms with E-state index >= 15 is 0 Å². The summed E-state index contributed by atoms with van der Waals surface area (Å²) in [5, 5.41) is 0. The summed E-state index contributed by atoms with van der Waals surface area (Å²) in [5.41, 5.74) is 0. The van der Waals surface area contributed by atoms with Crippen molar-refractivity contribution in [1.82, 2.24) is 0 Å². The molecule has 0 aromatic carbocycles. The zero-order chi connectivity index (χ0) is 6.41. The second-order valence-corrected chi connectivity index (χ2v) is 2.55. The lowest BCUT2D eigenvalue weighted by Gasteiger charge is -2.00. The molecule has 0 fully saturated rings. The van der Waals surface area contributed by atoms with Crippen molar-refractivity contribution >= 4 is 0 Å². The van der Waals surface area contributed by atoms with Crippen LogP contribution in [0.25, 0.3) is 0 Å². The summed E-state index contributed by atoms with van der Waals surface area (Å²) in [4.78, 5) is 0. The molecule has 2 radical (unpaired) electrons. The molecule has 0 aromatic rings. The molecule has 0 heterocycles. The van der Waals surface area contributed by atoms with Gasteiger partial charge >= 0.3 is 0 Å². The van der Waals surface area contributed by atoms with E-state index < -0.39 is 0 Å². The number of hydrogen-bond acceptors (Lipinski definition) is 0. The van der Waals surface area contributed by atoms with Crippen LogP contribution in [-0.2, 0) is 0 Å². The van der Waals surface area contributed by atoms with Crippen molar-refractivity contribution in [2.24, 2.45) is 5.92 Å². The molecule has 0 spiro atoms. The normalized spacial score (nSPS) is 10.5. The molecule has 0 aliphatic rings. The lowest BCUT2D eigenvalue weighted by molar-refractivity contribution is 0.579. The Morgan fingerprint density at radius 3 is 2.50 bits per heavy atom. The molecule has 0 nitrogen and oxygen atoms in total. The summed E-state index contributed by atoms with van der Waals surface area (Å²) >= 11 is 0. The molecule has 0 rings (SSSR count). The van der Waals surface area contributed by atoms with E-state index in [9.17, 15) is 0 Å². The minimum Gasteiger partial charge on any atom is -0.0628 e. The summed E-state index contributed by atoms with van der Waals surface area (Å²) in [7, 11) is 0. The topological polar surface area (TPSA) is 0 Å². The highest BCUT2D eigenvalue weighted by molar-refractivity contribution is 4.65. The molecule has 0 aromatic heterocycles. The van der Waals surface area contributed by atoms with E-state index in [0.29, 0.717) is 0 Å².